The number of carbonyl (C=O) groups is 2. The number of aliphatic hydroxyl groups excluding tert-OH is 2. The van der Waals surface area contributed by atoms with Crippen molar-refractivity contribution in [2.24, 2.45) is 0 Å². The summed E-state index contributed by atoms with van der Waals surface area (Å²) in [4.78, 5) is 24.7. The quantitative estimate of drug-likeness (QED) is 0.0320. The molecular formula is C79H155NO5. The summed E-state index contributed by atoms with van der Waals surface area (Å²) in [6.45, 7) is 4.97. The molecule has 6 heteroatoms. The molecule has 3 N–H and O–H groups in total. The van der Waals surface area contributed by atoms with Crippen LogP contribution in [0.25, 0.3) is 0 Å². The third kappa shape index (κ3) is 71.6. The lowest BCUT2D eigenvalue weighted by Crippen LogP contribution is -2.45. The molecule has 6 nitrogen and oxygen atoms in total. The van der Waals surface area contributed by atoms with E-state index in [1.165, 1.54) is 392 Å². The van der Waals surface area contributed by atoms with Gasteiger partial charge in [0, 0.05) is 12.8 Å². The predicted octanol–water partition coefficient (Wildman–Crippen LogP) is 25.9. The molecule has 506 valence electrons. The number of carbonyl (C=O) groups excluding carboxylic acids is 2. The van der Waals surface area contributed by atoms with Gasteiger partial charge in [-0.25, -0.2) is 0 Å². The Labute approximate surface area is 533 Å². The minimum Gasteiger partial charge on any atom is -0.466 e. The smallest absolute Gasteiger partial charge is 0.305 e. The van der Waals surface area contributed by atoms with Crippen molar-refractivity contribution in [1.82, 2.24) is 5.32 Å². The van der Waals surface area contributed by atoms with Crippen molar-refractivity contribution >= 4 is 11.9 Å². The van der Waals surface area contributed by atoms with Crippen LogP contribution in [0.4, 0.5) is 0 Å². The molecule has 0 heterocycles. The minimum absolute atomic E-state index is 0.0227. The molecular weight excluding hydrogens is 1040 g/mol. The van der Waals surface area contributed by atoms with Gasteiger partial charge in [0.25, 0.3) is 0 Å². The average molecular weight is 1200 g/mol. The fourth-order valence-corrected chi connectivity index (χ4v) is 12.8. The fourth-order valence-electron chi connectivity index (χ4n) is 12.8. The first-order valence-corrected chi connectivity index (χ1v) is 39.5. The highest BCUT2D eigenvalue weighted by Crippen LogP contribution is 2.20. The number of nitrogens with one attached hydrogen (secondary N) is 1. The van der Waals surface area contributed by atoms with Crippen LogP contribution in [0.2, 0.25) is 0 Å². The van der Waals surface area contributed by atoms with Crippen LogP contribution in [0.1, 0.15) is 457 Å². The maximum atomic E-state index is 12.6. The summed E-state index contributed by atoms with van der Waals surface area (Å²) in [6.07, 6.45) is 94.7. The monoisotopic (exact) mass is 1200 g/mol. The Morgan fingerprint density at radius 1 is 0.318 bits per heavy atom. The molecule has 0 rings (SSSR count). The van der Waals surface area contributed by atoms with E-state index in [2.05, 4.69) is 19.2 Å². The molecule has 0 radical (unpaired) electrons. The summed E-state index contributed by atoms with van der Waals surface area (Å²) >= 11 is 0. The predicted molar refractivity (Wildman–Crippen MR) is 375 cm³/mol. The van der Waals surface area contributed by atoms with Gasteiger partial charge in [0.05, 0.1) is 25.4 Å². The van der Waals surface area contributed by atoms with E-state index in [9.17, 15) is 19.8 Å². The molecule has 1 amide bonds. The maximum absolute atomic E-state index is 12.6. The molecule has 2 unspecified atom stereocenters. The molecule has 0 aliphatic rings. The molecule has 0 aromatic carbocycles. The third-order valence-electron chi connectivity index (χ3n) is 18.8. The third-order valence-corrected chi connectivity index (χ3v) is 18.8. The Hall–Kier alpha value is -1.40. The summed E-state index contributed by atoms with van der Waals surface area (Å²) in [7, 11) is 0. The molecule has 0 saturated carbocycles. The van der Waals surface area contributed by atoms with E-state index in [4.69, 9.17) is 4.74 Å². The number of hydrogen-bond donors (Lipinski definition) is 3. The number of aliphatic hydroxyl groups is 2. The van der Waals surface area contributed by atoms with Gasteiger partial charge in [-0.1, -0.05) is 424 Å². The van der Waals surface area contributed by atoms with Gasteiger partial charge < -0.3 is 20.3 Å². The van der Waals surface area contributed by atoms with Crippen molar-refractivity contribution in [2.75, 3.05) is 13.2 Å². The summed E-state index contributed by atoms with van der Waals surface area (Å²) in [5.41, 5.74) is 0. The van der Waals surface area contributed by atoms with Crippen molar-refractivity contribution in [2.45, 2.75) is 469 Å². The lowest BCUT2D eigenvalue weighted by Gasteiger charge is -2.20. The van der Waals surface area contributed by atoms with E-state index in [-0.39, 0.29) is 18.5 Å². The molecule has 0 fully saturated rings. The number of hydrogen-bond acceptors (Lipinski definition) is 5. The first-order valence-electron chi connectivity index (χ1n) is 39.5. The first kappa shape index (κ1) is 83.6. The summed E-state index contributed by atoms with van der Waals surface area (Å²) in [6, 6.07) is -0.627. The van der Waals surface area contributed by atoms with Crippen LogP contribution in [-0.4, -0.2) is 47.4 Å². The van der Waals surface area contributed by atoms with Crippen molar-refractivity contribution in [3.8, 4) is 0 Å². The lowest BCUT2D eigenvalue weighted by atomic mass is 10.0. The molecule has 0 aromatic heterocycles. The first-order chi connectivity index (χ1) is 42.0. The Kier molecular flexibility index (Phi) is 73.8. The van der Waals surface area contributed by atoms with E-state index < -0.39 is 12.1 Å². The van der Waals surface area contributed by atoms with Gasteiger partial charge in [-0.15, -0.1) is 0 Å². The molecule has 85 heavy (non-hydrogen) atoms. The number of amides is 1. The minimum atomic E-state index is -0.844. The van der Waals surface area contributed by atoms with Gasteiger partial charge in [0.15, 0.2) is 0 Å². The van der Waals surface area contributed by atoms with E-state index in [0.29, 0.717) is 19.4 Å². The van der Waals surface area contributed by atoms with Gasteiger partial charge >= 0.3 is 5.97 Å². The number of unbranched alkanes of at least 4 members (excludes halogenated alkanes) is 64. The number of allylic oxidation sites excluding steroid dienone is 1. The highest BCUT2D eigenvalue weighted by molar-refractivity contribution is 5.76. The van der Waals surface area contributed by atoms with E-state index in [1.807, 2.05) is 6.08 Å². The highest BCUT2D eigenvalue weighted by atomic mass is 16.5. The SMILES string of the molecule is CCCCCCCCCCCCCCCCCCCCCCCC/C=C/C(O)C(CO)NC(=O)CCCCCCCCCCCCCCCCCCCCCCCCCCCCOC(=O)CCCCCCCCCCCCCCCCCCCC. The molecule has 0 spiro atoms. The molecule has 2 atom stereocenters. The van der Waals surface area contributed by atoms with Crippen LogP contribution >= 0.6 is 0 Å². The Morgan fingerprint density at radius 2 is 0.541 bits per heavy atom. The molecule has 0 bridgehead atoms. The van der Waals surface area contributed by atoms with E-state index in [1.54, 1.807) is 6.08 Å². The summed E-state index contributed by atoms with van der Waals surface area (Å²) in [5, 5.41) is 23.3. The fraction of sp³-hybridized carbons (Fsp3) is 0.949. The van der Waals surface area contributed by atoms with Crippen LogP contribution in [0.15, 0.2) is 12.2 Å². The van der Waals surface area contributed by atoms with Crippen molar-refractivity contribution in [1.29, 1.82) is 0 Å². The topological polar surface area (TPSA) is 95.9 Å². The van der Waals surface area contributed by atoms with Crippen molar-refractivity contribution in [3.63, 3.8) is 0 Å². The van der Waals surface area contributed by atoms with Crippen molar-refractivity contribution in [3.05, 3.63) is 12.2 Å². The van der Waals surface area contributed by atoms with E-state index >= 15 is 0 Å². The molecule has 0 aliphatic carbocycles. The Balaban J connectivity index is 3.36. The number of esters is 1. The Bertz CT molecular complexity index is 1290. The van der Waals surface area contributed by atoms with Crippen molar-refractivity contribution < 1.29 is 24.5 Å². The van der Waals surface area contributed by atoms with Crippen LogP contribution < -0.4 is 5.32 Å². The zero-order valence-electron chi connectivity index (χ0n) is 58.1. The molecule has 0 saturated heterocycles. The van der Waals surface area contributed by atoms with Gasteiger partial charge in [-0.2, -0.15) is 0 Å². The maximum Gasteiger partial charge on any atom is 0.305 e. The van der Waals surface area contributed by atoms with E-state index in [0.717, 1.165) is 38.5 Å². The zero-order chi connectivity index (χ0) is 61.3. The second-order valence-corrected chi connectivity index (χ2v) is 27.4. The second-order valence-electron chi connectivity index (χ2n) is 27.4. The normalized spacial score (nSPS) is 12.5. The summed E-state index contributed by atoms with van der Waals surface area (Å²) < 4.78 is 5.52. The Morgan fingerprint density at radius 3 is 0.800 bits per heavy atom. The van der Waals surface area contributed by atoms with Gasteiger partial charge in [0.2, 0.25) is 5.91 Å². The van der Waals surface area contributed by atoms with Gasteiger partial charge in [0.1, 0.15) is 0 Å². The number of ether oxygens (including phenoxy) is 1. The highest BCUT2D eigenvalue weighted by Gasteiger charge is 2.18. The van der Waals surface area contributed by atoms with Crippen LogP contribution in [-0.2, 0) is 14.3 Å². The number of rotatable bonds is 75. The van der Waals surface area contributed by atoms with Gasteiger partial charge in [-0.05, 0) is 32.1 Å². The second kappa shape index (κ2) is 75.1. The zero-order valence-corrected chi connectivity index (χ0v) is 58.1. The van der Waals surface area contributed by atoms with Gasteiger partial charge in [-0.3, -0.25) is 9.59 Å². The standard InChI is InChI=1S/C79H155NO5/c1-3-5-7-9-11-13-15-17-19-21-23-24-25-30-33-36-39-43-47-51-55-59-63-67-71-77(82)76(75-81)80-78(83)72-68-64-60-56-52-48-44-40-37-34-31-28-26-27-29-32-35-38-42-46-50-54-58-62-66-70-74-85-79(84)73-69-65-61-57-53-49-45-41-22-20-18-16-14-12-10-8-6-4-2/h67,71,76-77,81-82H,3-66,68-70,72-75H2,1-2H3,(H,80,83)/b71-67+. The summed E-state index contributed by atoms with van der Waals surface area (Å²) in [5.74, 6) is -0.0372. The van der Waals surface area contributed by atoms with Crippen LogP contribution in [0, 0.1) is 0 Å². The lowest BCUT2D eigenvalue weighted by molar-refractivity contribution is -0.143. The average Bonchev–Trinajstić information content (AvgIpc) is 3.51. The van der Waals surface area contributed by atoms with Crippen LogP contribution in [0.5, 0.6) is 0 Å². The molecule has 0 aromatic rings. The molecule has 0 aliphatic heterocycles. The van der Waals surface area contributed by atoms with Crippen LogP contribution in [0.3, 0.4) is 0 Å². The largest absolute Gasteiger partial charge is 0.466 e.